The molecule has 1 aliphatic rings. The predicted molar refractivity (Wildman–Crippen MR) is 65.1 cm³/mol. The Morgan fingerprint density at radius 3 is 2.38 bits per heavy atom. The van der Waals surface area contributed by atoms with Crippen LogP contribution in [0.25, 0.3) is 0 Å². The molecule has 1 fully saturated rings. The number of anilines is 1. The normalized spacial score (nSPS) is 19.1. The van der Waals surface area contributed by atoms with E-state index in [1.165, 1.54) is 6.42 Å². The Balaban J connectivity index is 2.02. The molecular weight excluding hydrogens is 200 g/mol. The molecule has 0 spiro atoms. The topological polar surface area (TPSA) is 55.1 Å². The van der Waals surface area contributed by atoms with Crippen LogP contribution in [0.15, 0.2) is 30.3 Å². The molecule has 0 atom stereocenters. The second kappa shape index (κ2) is 4.66. The Morgan fingerprint density at radius 1 is 1.12 bits per heavy atom. The molecule has 0 aliphatic heterocycles. The Kier molecular flexibility index (Phi) is 3.25. The Labute approximate surface area is 96.0 Å². The molecule has 1 aromatic rings. The van der Waals surface area contributed by atoms with E-state index in [0.717, 1.165) is 31.4 Å². The molecule has 3 nitrogen and oxygen atoms in total. The van der Waals surface area contributed by atoms with Gasteiger partial charge in [-0.05, 0) is 25.0 Å². The van der Waals surface area contributed by atoms with Gasteiger partial charge in [0.2, 0.25) is 5.91 Å². The van der Waals surface area contributed by atoms with Crippen molar-refractivity contribution in [1.82, 2.24) is 0 Å². The van der Waals surface area contributed by atoms with E-state index in [1.807, 2.05) is 30.3 Å². The summed E-state index contributed by atoms with van der Waals surface area (Å²) in [5, 5.41) is 2.89. The first-order chi connectivity index (χ1) is 7.71. The maximum atomic E-state index is 12.1. The van der Waals surface area contributed by atoms with Crippen molar-refractivity contribution < 1.29 is 4.79 Å². The van der Waals surface area contributed by atoms with Gasteiger partial charge in [-0.3, -0.25) is 4.79 Å². The molecule has 0 aromatic heterocycles. The number of amides is 1. The van der Waals surface area contributed by atoms with Gasteiger partial charge in [0.25, 0.3) is 0 Å². The second-order valence-corrected chi connectivity index (χ2v) is 4.54. The molecule has 16 heavy (non-hydrogen) atoms. The van der Waals surface area contributed by atoms with Gasteiger partial charge in [0.1, 0.15) is 0 Å². The summed E-state index contributed by atoms with van der Waals surface area (Å²) in [5.74, 6) is -0.0431. The number of nitrogens with two attached hydrogens (primary N) is 1. The van der Waals surface area contributed by atoms with Crippen molar-refractivity contribution >= 4 is 11.6 Å². The number of carbonyl (C=O) groups is 1. The van der Waals surface area contributed by atoms with Crippen LogP contribution >= 0.6 is 0 Å². The summed E-state index contributed by atoms with van der Waals surface area (Å²) in [7, 11) is 0. The van der Waals surface area contributed by atoms with E-state index >= 15 is 0 Å². The minimum atomic E-state index is -0.659. The molecule has 1 saturated carbocycles. The maximum absolute atomic E-state index is 12.1. The summed E-state index contributed by atoms with van der Waals surface area (Å²) < 4.78 is 0. The molecule has 1 aliphatic carbocycles. The lowest BCUT2D eigenvalue weighted by Crippen LogP contribution is -2.52. The number of nitrogens with one attached hydrogen (secondary N) is 1. The zero-order valence-corrected chi connectivity index (χ0v) is 9.41. The fraction of sp³-hybridized carbons (Fsp3) is 0.462. The number of para-hydroxylation sites is 1. The monoisotopic (exact) mass is 218 g/mol. The molecule has 2 rings (SSSR count). The van der Waals surface area contributed by atoms with Crippen molar-refractivity contribution in [2.75, 3.05) is 5.32 Å². The smallest absolute Gasteiger partial charge is 0.244 e. The highest BCUT2D eigenvalue weighted by atomic mass is 16.2. The molecule has 3 heteroatoms. The summed E-state index contributed by atoms with van der Waals surface area (Å²) in [6.07, 6.45) is 4.90. The third kappa shape index (κ3) is 2.42. The number of rotatable bonds is 2. The summed E-state index contributed by atoms with van der Waals surface area (Å²) in [6.45, 7) is 0. The van der Waals surface area contributed by atoms with Crippen LogP contribution in [0.4, 0.5) is 5.69 Å². The van der Waals surface area contributed by atoms with Crippen LogP contribution in [0.3, 0.4) is 0 Å². The quantitative estimate of drug-likeness (QED) is 0.800. The average molecular weight is 218 g/mol. The van der Waals surface area contributed by atoms with Gasteiger partial charge in [-0.25, -0.2) is 0 Å². The van der Waals surface area contributed by atoms with Crippen molar-refractivity contribution in [2.45, 2.75) is 37.6 Å². The van der Waals surface area contributed by atoms with Crippen molar-refractivity contribution in [2.24, 2.45) is 5.73 Å². The molecule has 0 bridgehead atoms. The SMILES string of the molecule is NC1(C(=O)Nc2ccccc2)CCCCC1. The van der Waals surface area contributed by atoms with Crippen LogP contribution in [0.2, 0.25) is 0 Å². The predicted octanol–water partition coefficient (Wildman–Crippen LogP) is 2.29. The van der Waals surface area contributed by atoms with Crippen molar-refractivity contribution in [3.8, 4) is 0 Å². The lowest BCUT2D eigenvalue weighted by atomic mass is 9.82. The van der Waals surface area contributed by atoms with E-state index in [1.54, 1.807) is 0 Å². The van der Waals surface area contributed by atoms with Gasteiger partial charge < -0.3 is 11.1 Å². The minimum absolute atomic E-state index is 0.0431. The van der Waals surface area contributed by atoms with Crippen molar-refractivity contribution in [1.29, 1.82) is 0 Å². The highest BCUT2D eigenvalue weighted by Crippen LogP contribution is 2.27. The highest BCUT2D eigenvalue weighted by molar-refractivity contribution is 5.97. The van der Waals surface area contributed by atoms with Gasteiger partial charge in [-0.1, -0.05) is 37.5 Å². The zero-order chi connectivity index (χ0) is 11.4. The van der Waals surface area contributed by atoms with Crippen molar-refractivity contribution in [3.05, 3.63) is 30.3 Å². The first-order valence-corrected chi connectivity index (χ1v) is 5.86. The summed E-state index contributed by atoms with van der Waals surface area (Å²) >= 11 is 0. The van der Waals surface area contributed by atoms with Gasteiger partial charge in [-0.2, -0.15) is 0 Å². The maximum Gasteiger partial charge on any atom is 0.244 e. The number of hydrogen-bond acceptors (Lipinski definition) is 2. The van der Waals surface area contributed by atoms with Gasteiger partial charge in [0.15, 0.2) is 0 Å². The summed E-state index contributed by atoms with van der Waals surface area (Å²) in [5.41, 5.74) is 6.30. The van der Waals surface area contributed by atoms with Gasteiger partial charge in [-0.15, -0.1) is 0 Å². The third-order valence-corrected chi connectivity index (χ3v) is 3.23. The minimum Gasteiger partial charge on any atom is -0.324 e. The van der Waals surface area contributed by atoms with E-state index in [2.05, 4.69) is 5.32 Å². The van der Waals surface area contributed by atoms with E-state index < -0.39 is 5.54 Å². The van der Waals surface area contributed by atoms with Crippen LogP contribution in [0.1, 0.15) is 32.1 Å². The number of benzene rings is 1. The molecule has 1 amide bonds. The molecule has 3 N–H and O–H groups in total. The summed E-state index contributed by atoms with van der Waals surface area (Å²) in [4.78, 5) is 12.1. The standard InChI is InChI=1S/C13H18N2O/c14-13(9-5-2-6-10-13)12(16)15-11-7-3-1-4-8-11/h1,3-4,7-8H,2,5-6,9-10,14H2,(H,15,16). The molecular formula is C13H18N2O. The van der Waals surface area contributed by atoms with E-state index in [0.29, 0.717) is 0 Å². The zero-order valence-electron chi connectivity index (χ0n) is 9.41. The van der Waals surface area contributed by atoms with Gasteiger partial charge >= 0.3 is 0 Å². The van der Waals surface area contributed by atoms with Crippen LogP contribution in [-0.2, 0) is 4.79 Å². The Morgan fingerprint density at radius 2 is 1.75 bits per heavy atom. The first-order valence-electron chi connectivity index (χ1n) is 5.86. The Bertz CT molecular complexity index is 355. The second-order valence-electron chi connectivity index (χ2n) is 4.54. The largest absolute Gasteiger partial charge is 0.324 e. The molecule has 0 unspecified atom stereocenters. The number of hydrogen-bond donors (Lipinski definition) is 2. The molecule has 0 heterocycles. The highest BCUT2D eigenvalue weighted by Gasteiger charge is 2.35. The lowest BCUT2D eigenvalue weighted by Gasteiger charge is -2.31. The van der Waals surface area contributed by atoms with Crippen molar-refractivity contribution in [3.63, 3.8) is 0 Å². The number of carbonyl (C=O) groups excluding carboxylic acids is 1. The van der Waals surface area contributed by atoms with Gasteiger partial charge in [0, 0.05) is 5.69 Å². The van der Waals surface area contributed by atoms with E-state index in [4.69, 9.17) is 5.73 Å². The molecule has 0 radical (unpaired) electrons. The lowest BCUT2D eigenvalue weighted by molar-refractivity contribution is -0.122. The van der Waals surface area contributed by atoms with E-state index in [9.17, 15) is 4.79 Å². The van der Waals surface area contributed by atoms with Crippen LogP contribution in [0.5, 0.6) is 0 Å². The first kappa shape index (κ1) is 11.1. The molecule has 1 aromatic carbocycles. The molecule has 86 valence electrons. The fourth-order valence-corrected chi connectivity index (χ4v) is 2.19. The fourth-order valence-electron chi connectivity index (χ4n) is 2.19. The Hall–Kier alpha value is -1.35. The van der Waals surface area contributed by atoms with Gasteiger partial charge in [0.05, 0.1) is 5.54 Å². The molecule has 0 saturated heterocycles. The van der Waals surface area contributed by atoms with Crippen LogP contribution in [0, 0.1) is 0 Å². The summed E-state index contributed by atoms with van der Waals surface area (Å²) in [6, 6.07) is 9.49. The van der Waals surface area contributed by atoms with Crippen LogP contribution < -0.4 is 11.1 Å². The average Bonchev–Trinajstić information content (AvgIpc) is 2.31. The third-order valence-electron chi connectivity index (χ3n) is 3.23. The van der Waals surface area contributed by atoms with E-state index in [-0.39, 0.29) is 5.91 Å². The van der Waals surface area contributed by atoms with Crippen LogP contribution in [-0.4, -0.2) is 11.4 Å².